The van der Waals surface area contributed by atoms with Crippen molar-refractivity contribution in [2.75, 3.05) is 38.0 Å². The molecule has 1 N–H and O–H groups in total. The highest BCUT2D eigenvalue weighted by Gasteiger charge is 2.22. The predicted octanol–water partition coefficient (Wildman–Crippen LogP) is 2.28. The second kappa shape index (κ2) is 7.52. The predicted molar refractivity (Wildman–Crippen MR) is 89.7 cm³/mol. The molecule has 1 aromatic carbocycles. The fourth-order valence-corrected chi connectivity index (χ4v) is 2.68. The molecule has 1 saturated heterocycles. The molecule has 0 bridgehead atoms. The lowest BCUT2D eigenvalue weighted by Crippen LogP contribution is -2.48. The summed E-state index contributed by atoms with van der Waals surface area (Å²) >= 11 is 0. The minimum absolute atomic E-state index is 0.0440. The van der Waals surface area contributed by atoms with Gasteiger partial charge in [-0.25, -0.2) is 18.7 Å². The van der Waals surface area contributed by atoms with E-state index in [4.69, 9.17) is 0 Å². The minimum atomic E-state index is -0.754. The van der Waals surface area contributed by atoms with E-state index in [0.717, 1.165) is 31.8 Å². The Morgan fingerprint density at radius 3 is 2.64 bits per heavy atom. The third-order valence-corrected chi connectivity index (χ3v) is 4.16. The van der Waals surface area contributed by atoms with Gasteiger partial charge in [0, 0.05) is 38.4 Å². The number of carbonyl (C=O) groups is 1. The number of halogens is 2. The smallest absolute Gasteiger partial charge is 0.272 e. The summed E-state index contributed by atoms with van der Waals surface area (Å²) in [6.07, 6.45) is 1.44. The molecular formula is C17H19F2N5O. The monoisotopic (exact) mass is 347 g/mol. The fourth-order valence-electron chi connectivity index (χ4n) is 2.68. The molecule has 0 saturated carbocycles. The highest BCUT2D eigenvalue weighted by molar-refractivity contribution is 5.92. The summed E-state index contributed by atoms with van der Waals surface area (Å²) in [7, 11) is 0. The van der Waals surface area contributed by atoms with E-state index in [9.17, 15) is 13.6 Å². The Labute approximate surface area is 144 Å². The number of aromatic nitrogens is 2. The van der Waals surface area contributed by atoms with Gasteiger partial charge in [0.15, 0.2) is 0 Å². The number of amides is 1. The van der Waals surface area contributed by atoms with E-state index in [2.05, 4.69) is 27.1 Å². The summed E-state index contributed by atoms with van der Waals surface area (Å²) in [5.74, 6) is -1.51. The first-order chi connectivity index (χ1) is 12.1. The number of piperazine rings is 1. The minimum Gasteiger partial charge on any atom is -0.335 e. The second-order valence-electron chi connectivity index (χ2n) is 5.74. The number of hydrogen-bond acceptors (Lipinski definition) is 5. The molecule has 1 aliphatic rings. The maximum atomic E-state index is 13.7. The molecule has 0 unspecified atom stereocenters. The summed E-state index contributed by atoms with van der Waals surface area (Å²) < 4.78 is 26.7. The zero-order valence-corrected chi connectivity index (χ0v) is 13.9. The van der Waals surface area contributed by atoms with E-state index in [1.54, 1.807) is 4.90 Å². The van der Waals surface area contributed by atoms with Crippen molar-refractivity contribution < 1.29 is 13.6 Å². The van der Waals surface area contributed by atoms with Gasteiger partial charge in [0.05, 0.1) is 5.69 Å². The quantitative estimate of drug-likeness (QED) is 0.919. The van der Waals surface area contributed by atoms with Crippen LogP contribution in [0.15, 0.2) is 30.5 Å². The molecule has 1 aromatic heterocycles. The van der Waals surface area contributed by atoms with E-state index in [0.29, 0.717) is 13.1 Å². The molecule has 6 nitrogen and oxygen atoms in total. The highest BCUT2D eigenvalue weighted by Crippen LogP contribution is 2.18. The van der Waals surface area contributed by atoms with Gasteiger partial charge in [-0.1, -0.05) is 6.92 Å². The van der Waals surface area contributed by atoms with Gasteiger partial charge in [-0.05, 0) is 24.7 Å². The molecular weight excluding hydrogens is 328 g/mol. The van der Waals surface area contributed by atoms with Gasteiger partial charge in [0.1, 0.15) is 17.3 Å². The lowest BCUT2D eigenvalue weighted by atomic mass is 10.2. The topological polar surface area (TPSA) is 61.4 Å². The zero-order valence-electron chi connectivity index (χ0n) is 13.9. The number of nitrogens with one attached hydrogen (secondary N) is 1. The van der Waals surface area contributed by atoms with Gasteiger partial charge in [0.25, 0.3) is 5.91 Å². The fraction of sp³-hybridized carbons (Fsp3) is 0.353. The summed E-state index contributed by atoms with van der Waals surface area (Å²) in [6.45, 7) is 6.01. The maximum Gasteiger partial charge on any atom is 0.272 e. The third kappa shape index (κ3) is 4.08. The maximum absolute atomic E-state index is 13.7. The van der Waals surface area contributed by atoms with Crippen molar-refractivity contribution in [3.05, 3.63) is 47.8 Å². The normalized spacial score (nSPS) is 15.2. The Kier molecular flexibility index (Phi) is 5.18. The average molecular weight is 347 g/mol. The van der Waals surface area contributed by atoms with Gasteiger partial charge in [0.2, 0.25) is 5.95 Å². The van der Waals surface area contributed by atoms with E-state index >= 15 is 0 Å². The SMILES string of the molecule is CCN1CCN(C(=O)c2ccnc(Nc3ccc(F)cc3F)n2)CC1. The van der Waals surface area contributed by atoms with Crippen molar-refractivity contribution >= 4 is 17.5 Å². The van der Waals surface area contributed by atoms with Gasteiger partial charge in [-0.2, -0.15) is 0 Å². The summed E-state index contributed by atoms with van der Waals surface area (Å²) in [6, 6.07) is 4.69. The van der Waals surface area contributed by atoms with Gasteiger partial charge < -0.3 is 15.1 Å². The molecule has 25 heavy (non-hydrogen) atoms. The van der Waals surface area contributed by atoms with Gasteiger partial charge in [-0.15, -0.1) is 0 Å². The van der Waals surface area contributed by atoms with Crippen molar-refractivity contribution in [1.29, 1.82) is 0 Å². The number of anilines is 2. The molecule has 1 fully saturated rings. The van der Waals surface area contributed by atoms with Crippen LogP contribution in [0.2, 0.25) is 0 Å². The first-order valence-electron chi connectivity index (χ1n) is 8.13. The number of hydrogen-bond donors (Lipinski definition) is 1. The molecule has 0 aliphatic carbocycles. The van der Waals surface area contributed by atoms with E-state index in [1.165, 1.54) is 18.3 Å². The van der Waals surface area contributed by atoms with Crippen LogP contribution in [-0.4, -0.2) is 58.4 Å². The summed E-state index contributed by atoms with van der Waals surface area (Å²) in [4.78, 5) is 24.7. The Morgan fingerprint density at radius 1 is 1.20 bits per heavy atom. The third-order valence-electron chi connectivity index (χ3n) is 4.16. The van der Waals surface area contributed by atoms with Gasteiger partial charge >= 0.3 is 0 Å². The van der Waals surface area contributed by atoms with Crippen LogP contribution in [0.1, 0.15) is 17.4 Å². The number of benzene rings is 1. The zero-order chi connectivity index (χ0) is 17.8. The van der Waals surface area contributed by atoms with Crippen LogP contribution >= 0.6 is 0 Å². The van der Waals surface area contributed by atoms with E-state index in [1.807, 2.05) is 0 Å². The molecule has 0 radical (unpaired) electrons. The molecule has 2 heterocycles. The molecule has 2 aromatic rings. The number of rotatable bonds is 4. The van der Waals surface area contributed by atoms with Crippen molar-refractivity contribution in [3.63, 3.8) is 0 Å². The van der Waals surface area contributed by atoms with Crippen molar-refractivity contribution in [2.45, 2.75) is 6.92 Å². The summed E-state index contributed by atoms with van der Waals surface area (Å²) in [5, 5.41) is 2.67. The molecule has 3 rings (SSSR count). The number of nitrogens with zero attached hydrogens (tertiary/aromatic N) is 4. The van der Waals surface area contributed by atoms with E-state index in [-0.39, 0.29) is 23.2 Å². The molecule has 0 spiro atoms. The van der Waals surface area contributed by atoms with Crippen LogP contribution in [0.3, 0.4) is 0 Å². The molecule has 1 amide bonds. The lowest BCUT2D eigenvalue weighted by Gasteiger charge is -2.33. The molecule has 8 heteroatoms. The van der Waals surface area contributed by atoms with E-state index < -0.39 is 11.6 Å². The van der Waals surface area contributed by atoms with Crippen LogP contribution in [0, 0.1) is 11.6 Å². The lowest BCUT2D eigenvalue weighted by molar-refractivity contribution is 0.0637. The van der Waals surface area contributed by atoms with Crippen LogP contribution in [0.5, 0.6) is 0 Å². The highest BCUT2D eigenvalue weighted by atomic mass is 19.1. The van der Waals surface area contributed by atoms with Crippen LogP contribution in [0.4, 0.5) is 20.4 Å². The molecule has 1 aliphatic heterocycles. The van der Waals surface area contributed by atoms with Crippen LogP contribution in [0.25, 0.3) is 0 Å². The Morgan fingerprint density at radius 2 is 1.96 bits per heavy atom. The number of likely N-dealkylation sites (N-methyl/N-ethyl adjacent to an activating group) is 1. The van der Waals surface area contributed by atoms with Crippen molar-refractivity contribution in [2.24, 2.45) is 0 Å². The van der Waals surface area contributed by atoms with Crippen molar-refractivity contribution in [3.8, 4) is 0 Å². The second-order valence-corrected chi connectivity index (χ2v) is 5.74. The first-order valence-corrected chi connectivity index (χ1v) is 8.13. The Balaban J connectivity index is 1.72. The number of carbonyl (C=O) groups excluding carboxylic acids is 1. The van der Waals surface area contributed by atoms with Gasteiger partial charge in [-0.3, -0.25) is 4.79 Å². The molecule has 0 atom stereocenters. The van der Waals surface area contributed by atoms with Crippen molar-refractivity contribution in [1.82, 2.24) is 19.8 Å². The largest absolute Gasteiger partial charge is 0.335 e. The first kappa shape index (κ1) is 17.2. The summed E-state index contributed by atoms with van der Waals surface area (Å²) in [5.41, 5.74) is 0.285. The average Bonchev–Trinajstić information content (AvgIpc) is 2.64. The standard InChI is InChI=1S/C17H19F2N5O/c1-2-23-7-9-24(10-8-23)16(25)15-5-6-20-17(22-15)21-14-4-3-12(18)11-13(14)19/h3-6,11H,2,7-10H2,1H3,(H,20,21,22). The van der Waals surface area contributed by atoms with Crippen LogP contribution in [-0.2, 0) is 0 Å². The Hall–Kier alpha value is -2.61. The Bertz CT molecular complexity index is 762. The molecule has 132 valence electrons. The van der Waals surface area contributed by atoms with Crippen LogP contribution < -0.4 is 5.32 Å².